The second-order valence-corrected chi connectivity index (χ2v) is 8.76. The Labute approximate surface area is 196 Å². The zero-order chi connectivity index (χ0) is 23.7. The highest BCUT2D eigenvalue weighted by molar-refractivity contribution is 6.31. The van der Waals surface area contributed by atoms with Crippen LogP contribution in [0.1, 0.15) is 46.3 Å². The van der Waals surface area contributed by atoms with E-state index in [1.165, 1.54) is 17.0 Å². The van der Waals surface area contributed by atoms with Gasteiger partial charge in [-0.3, -0.25) is 9.59 Å². The number of aryl methyl sites for hydroxylation is 2. The van der Waals surface area contributed by atoms with E-state index in [1.54, 1.807) is 13.8 Å². The summed E-state index contributed by atoms with van der Waals surface area (Å²) in [5, 5.41) is 11.6. The van der Waals surface area contributed by atoms with Crippen molar-refractivity contribution in [3.8, 4) is 5.75 Å². The van der Waals surface area contributed by atoms with E-state index in [9.17, 15) is 14.0 Å². The second-order valence-electron chi connectivity index (χ2n) is 8.38. The molecule has 2 amide bonds. The number of carbonyl (C=O) groups is 2. The van der Waals surface area contributed by atoms with Gasteiger partial charge in [0.05, 0.1) is 41.0 Å². The summed E-state index contributed by atoms with van der Waals surface area (Å²) in [6.07, 6.45) is 1.81. The highest BCUT2D eigenvalue weighted by Gasteiger charge is 2.35. The molecule has 8 nitrogen and oxygen atoms in total. The van der Waals surface area contributed by atoms with Gasteiger partial charge in [-0.15, -0.1) is 0 Å². The molecule has 4 rings (SSSR count). The lowest BCUT2D eigenvalue weighted by Gasteiger charge is -2.18. The van der Waals surface area contributed by atoms with Crippen LogP contribution in [-0.2, 0) is 4.79 Å². The number of hydrogen-bond acceptors (Lipinski definition) is 6. The van der Waals surface area contributed by atoms with Crippen molar-refractivity contribution >= 4 is 29.1 Å². The minimum absolute atomic E-state index is 0.00865. The van der Waals surface area contributed by atoms with E-state index in [2.05, 4.69) is 15.3 Å². The number of amides is 2. The lowest BCUT2D eigenvalue weighted by Crippen LogP contribution is -2.31. The molecule has 2 N–H and O–H groups in total. The Hall–Kier alpha value is -3.07. The first-order valence-corrected chi connectivity index (χ1v) is 11.2. The molecule has 1 aliphatic heterocycles. The van der Waals surface area contributed by atoms with Gasteiger partial charge in [-0.2, -0.15) is 0 Å². The number of carbonyl (C=O) groups excluding carboxylic acids is 2. The van der Waals surface area contributed by atoms with Gasteiger partial charge in [0.25, 0.3) is 5.91 Å². The third-order valence-corrected chi connectivity index (χ3v) is 6.31. The SMILES string of the molecule is Cc1nc(C2CN(C(=O)c3ccc(F)cc3OCCNC(=O)C3CC3)CC2=N)nc(C)c1Cl. The van der Waals surface area contributed by atoms with Crippen LogP contribution in [-0.4, -0.2) is 58.6 Å². The third kappa shape index (κ3) is 5.13. The molecule has 2 aromatic rings. The molecule has 2 fully saturated rings. The average Bonchev–Trinajstić information content (AvgIpc) is 3.56. The second kappa shape index (κ2) is 9.43. The van der Waals surface area contributed by atoms with E-state index in [1.807, 2.05) is 0 Å². The van der Waals surface area contributed by atoms with Gasteiger partial charge in [-0.1, -0.05) is 11.6 Å². The Morgan fingerprint density at radius 1 is 1.27 bits per heavy atom. The molecule has 1 saturated heterocycles. The van der Waals surface area contributed by atoms with Gasteiger partial charge in [0, 0.05) is 24.2 Å². The molecular weight excluding hydrogens is 449 g/mol. The summed E-state index contributed by atoms with van der Waals surface area (Å²) in [6.45, 7) is 4.27. The summed E-state index contributed by atoms with van der Waals surface area (Å²) in [5.74, 6) is -0.705. The summed E-state index contributed by atoms with van der Waals surface area (Å²) >= 11 is 6.16. The van der Waals surface area contributed by atoms with Gasteiger partial charge in [0.2, 0.25) is 5.91 Å². The van der Waals surface area contributed by atoms with E-state index in [0.29, 0.717) is 27.9 Å². The number of ether oxygens (including phenoxy) is 1. The fraction of sp³-hybridized carbons (Fsp3) is 0.435. The van der Waals surface area contributed by atoms with Gasteiger partial charge in [-0.05, 0) is 38.8 Å². The number of nitrogens with zero attached hydrogens (tertiary/aromatic N) is 3. The maximum Gasteiger partial charge on any atom is 0.257 e. The molecule has 0 spiro atoms. The van der Waals surface area contributed by atoms with Gasteiger partial charge in [0.1, 0.15) is 24.0 Å². The Morgan fingerprint density at radius 3 is 2.64 bits per heavy atom. The molecule has 1 saturated carbocycles. The molecule has 1 unspecified atom stereocenters. The monoisotopic (exact) mass is 473 g/mol. The topological polar surface area (TPSA) is 108 Å². The summed E-state index contributed by atoms with van der Waals surface area (Å²) in [5.41, 5.74) is 1.76. The normalized spacial score (nSPS) is 17.9. The Bertz CT molecular complexity index is 1100. The third-order valence-electron chi connectivity index (χ3n) is 5.76. The number of likely N-dealkylation sites (tertiary alicyclic amines) is 1. The fourth-order valence-electron chi connectivity index (χ4n) is 3.78. The fourth-order valence-corrected chi connectivity index (χ4v) is 3.86. The highest BCUT2D eigenvalue weighted by atomic mass is 35.5. The number of aromatic nitrogens is 2. The van der Waals surface area contributed by atoms with Crippen molar-refractivity contribution in [3.63, 3.8) is 0 Å². The molecule has 2 aliphatic rings. The van der Waals surface area contributed by atoms with Crippen molar-refractivity contribution in [1.82, 2.24) is 20.2 Å². The van der Waals surface area contributed by atoms with E-state index in [0.717, 1.165) is 18.9 Å². The van der Waals surface area contributed by atoms with Crippen LogP contribution < -0.4 is 10.1 Å². The molecule has 1 aliphatic carbocycles. The summed E-state index contributed by atoms with van der Waals surface area (Å²) in [7, 11) is 0. The van der Waals surface area contributed by atoms with Crippen molar-refractivity contribution in [2.75, 3.05) is 26.2 Å². The van der Waals surface area contributed by atoms with E-state index in [-0.39, 0.29) is 55.3 Å². The minimum Gasteiger partial charge on any atom is -0.491 e. The summed E-state index contributed by atoms with van der Waals surface area (Å²) in [6, 6.07) is 3.73. The molecule has 1 aromatic heterocycles. The first-order chi connectivity index (χ1) is 15.7. The van der Waals surface area contributed by atoms with Crippen molar-refractivity contribution < 1.29 is 18.7 Å². The van der Waals surface area contributed by atoms with E-state index < -0.39 is 11.7 Å². The average molecular weight is 474 g/mol. The largest absolute Gasteiger partial charge is 0.491 e. The van der Waals surface area contributed by atoms with Gasteiger partial charge < -0.3 is 20.4 Å². The van der Waals surface area contributed by atoms with Crippen molar-refractivity contribution in [3.05, 3.63) is 51.8 Å². The van der Waals surface area contributed by atoms with Crippen molar-refractivity contribution in [2.45, 2.75) is 32.6 Å². The number of nitrogens with one attached hydrogen (secondary N) is 2. The quantitative estimate of drug-likeness (QED) is 0.601. The lowest BCUT2D eigenvalue weighted by molar-refractivity contribution is -0.122. The van der Waals surface area contributed by atoms with Crippen LogP contribution in [0, 0.1) is 31.0 Å². The Morgan fingerprint density at radius 2 is 1.97 bits per heavy atom. The van der Waals surface area contributed by atoms with Crippen molar-refractivity contribution in [1.29, 1.82) is 5.41 Å². The van der Waals surface area contributed by atoms with Gasteiger partial charge in [-0.25, -0.2) is 14.4 Å². The van der Waals surface area contributed by atoms with E-state index in [4.69, 9.17) is 21.7 Å². The van der Waals surface area contributed by atoms with Gasteiger partial charge >= 0.3 is 0 Å². The molecule has 33 heavy (non-hydrogen) atoms. The molecule has 174 valence electrons. The highest BCUT2D eigenvalue weighted by Crippen LogP contribution is 2.30. The van der Waals surface area contributed by atoms with Crippen LogP contribution in [0.4, 0.5) is 4.39 Å². The first-order valence-electron chi connectivity index (χ1n) is 10.8. The molecule has 10 heteroatoms. The lowest BCUT2D eigenvalue weighted by atomic mass is 10.1. The predicted octanol–water partition coefficient (Wildman–Crippen LogP) is 3.05. The molecule has 1 aromatic carbocycles. The van der Waals surface area contributed by atoms with Crippen LogP contribution in [0.2, 0.25) is 5.02 Å². The maximum atomic E-state index is 13.9. The predicted molar refractivity (Wildman–Crippen MR) is 121 cm³/mol. The number of halogens is 2. The van der Waals surface area contributed by atoms with Crippen LogP contribution in [0.5, 0.6) is 5.75 Å². The molecule has 2 heterocycles. The van der Waals surface area contributed by atoms with E-state index >= 15 is 0 Å². The summed E-state index contributed by atoms with van der Waals surface area (Å²) in [4.78, 5) is 35.3. The smallest absolute Gasteiger partial charge is 0.257 e. The molecule has 0 radical (unpaired) electrons. The molecular formula is C23H25ClFN5O3. The Kier molecular flexibility index (Phi) is 6.60. The van der Waals surface area contributed by atoms with Crippen molar-refractivity contribution in [2.24, 2.45) is 5.92 Å². The number of benzene rings is 1. The van der Waals surface area contributed by atoms with Gasteiger partial charge in [0.15, 0.2) is 0 Å². The molecule has 0 bridgehead atoms. The minimum atomic E-state index is -0.531. The van der Waals surface area contributed by atoms with Crippen LogP contribution in [0.15, 0.2) is 18.2 Å². The van der Waals surface area contributed by atoms with Crippen LogP contribution in [0.25, 0.3) is 0 Å². The number of rotatable bonds is 7. The maximum absolute atomic E-state index is 13.9. The molecule has 1 atom stereocenters. The zero-order valence-corrected chi connectivity index (χ0v) is 19.2. The standard InChI is InChI=1S/C23H25ClFN5O3/c1-12-20(24)13(2)29-21(28-12)17-10-30(11-18(17)26)23(32)16-6-5-15(25)9-19(16)33-8-7-27-22(31)14-3-4-14/h5-6,9,14,17,26H,3-4,7-8,10-11H2,1-2H3,(H,27,31). The number of hydrogen-bond donors (Lipinski definition) is 2. The van der Waals surface area contributed by atoms with Crippen LogP contribution >= 0.6 is 11.6 Å². The first kappa shape index (κ1) is 23.1. The van der Waals surface area contributed by atoms with Crippen LogP contribution in [0.3, 0.4) is 0 Å². The zero-order valence-electron chi connectivity index (χ0n) is 18.5. The Balaban J connectivity index is 1.45. The summed E-state index contributed by atoms with van der Waals surface area (Å²) < 4.78 is 19.5.